The van der Waals surface area contributed by atoms with E-state index in [1.54, 1.807) is 0 Å². The molecule has 1 saturated carbocycles. The molecule has 1 amide bonds. The Labute approximate surface area is 132 Å². The first kappa shape index (κ1) is 15.3. The van der Waals surface area contributed by atoms with Crippen LogP contribution in [-0.2, 0) is 4.79 Å². The highest BCUT2D eigenvalue weighted by atomic mass is 16.2. The standard InChI is InChI=1S/C17H26N4O/c1-14(17(22)19-15-6-2-3-7-15)20-10-12-21(13-11-20)16-8-4-5-9-18-16/h4-5,8-9,14-15H,2-3,6-7,10-13H2,1H3,(H,19,22)/t14-/m1/s1. The average Bonchev–Trinajstić information content (AvgIpc) is 3.08. The molecule has 0 spiro atoms. The predicted octanol–water partition coefficient (Wildman–Crippen LogP) is 1.65. The first-order valence-corrected chi connectivity index (χ1v) is 8.44. The molecule has 0 radical (unpaired) electrons. The monoisotopic (exact) mass is 302 g/mol. The number of carbonyl (C=O) groups excluding carboxylic acids is 1. The zero-order valence-corrected chi connectivity index (χ0v) is 13.4. The minimum Gasteiger partial charge on any atom is -0.354 e. The molecule has 0 unspecified atom stereocenters. The molecule has 5 heteroatoms. The molecule has 1 aromatic heterocycles. The van der Waals surface area contributed by atoms with Gasteiger partial charge in [0.1, 0.15) is 5.82 Å². The number of amides is 1. The van der Waals surface area contributed by atoms with Gasteiger partial charge in [0.2, 0.25) is 5.91 Å². The lowest BCUT2D eigenvalue weighted by Crippen LogP contribution is -2.55. The van der Waals surface area contributed by atoms with Crippen LogP contribution in [0, 0.1) is 0 Å². The number of rotatable bonds is 4. The van der Waals surface area contributed by atoms with Crippen molar-refractivity contribution >= 4 is 11.7 Å². The van der Waals surface area contributed by atoms with Gasteiger partial charge in [0.25, 0.3) is 0 Å². The summed E-state index contributed by atoms with van der Waals surface area (Å²) in [4.78, 5) is 21.3. The summed E-state index contributed by atoms with van der Waals surface area (Å²) >= 11 is 0. The highest BCUT2D eigenvalue weighted by Gasteiger charge is 2.27. The molecular weight excluding hydrogens is 276 g/mol. The van der Waals surface area contributed by atoms with Gasteiger partial charge in [-0.2, -0.15) is 0 Å². The second-order valence-corrected chi connectivity index (χ2v) is 6.38. The fraction of sp³-hybridized carbons (Fsp3) is 0.647. The smallest absolute Gasteiger partial charge is 0.237 e. The molecule has 0 aromatic carbocycles. The van der Waals surface area contributed by atoms with Gasteiger partial charge in [0.15, 0.2) is 0 Å². The van der Waals surface area contributed by atoms with Crippen LogP contribution in [0.2, 0.25) is 0 Å². The van der Waals surface area contributed by atoms with Crippen molar-refractivity contribution in [1.82, 2.24) is 15.2 Å². The fourth-order valence-corrected chi connectivity index (χ4v) is 3.44. The van der Waals surface area contributed by atoms with Crippen molar-refractivity contribution in [2.24, 2.45) is 0 Å². The van der Waals surface area contributed by atoms with E-state index in [1.807, 2.05) is 31.3 Å². The summed E-state index contributed by atoms with van der Waals surface area (Å²) in [6.45, 7) is 5.71. The molecular formula is C17H26N4O. The quantitative estimate of drug-likeness (QED) is 0.919. The lowest BCUT2D eigenvalue weighted by Gasteiger charge is -2.38. The number of nitrogens with one attached hydrogen (secondary N) is 1. The topological polar surface area (TPSA) is 48.5 Å². The SMILES string of the molecule is C[C@H](C(=O)NC1CCCC1)N1CCN(c2ccccn2)CC1. The van der Waals surface area contributed by atoms with Crippen LogP contribution in [-0.4, -0.2) is 54.1 Å². The van der Waals surface area contributed by atoms with Crippen LogP contribution in [0.3, 0.4) is 0 Å². The van der Waals surface area contributed by atoms with Gasteiger partial charge in [0, 0.05) is 38.4 Å². The third kappa shape index (κ3) is 3.58. The van der Waals surface area contributed by atoms with Gasteiger partial charge in [-0.1, -0.05) is 18.9 Å². The minimum absolute atomic E-state index is 0.0357. The highest BCUT2D eigenvalue weighted by Crippen LogP contribution is 2.18. The number of pyridine rings is 1. The Bertz CT molecular complexity index is 479. The number of hydrogen-bond acceptors (Lipinski definition) is 4. The molecule has 2 aliphatic rings. The average molecular weight is 302 g/mol. The van der Waals surface area contributed by atoms with Gasteiger partial charge in [-0.15, -0.1) is 0 Å². The van der Waals surface area contributed by atoms with Crippen LogP contribution < -0.4 is 10.2 Å². The number of nitrogens with zero attached hydrogens (tertiary/aromatic N) is 3. The largest absolute Gasteiger partial charge is 0.354 e. The number of carbonyl (C=O) groups is 1. The van der Waals surface area contributed by atoms with E-state index in [-0.39, 0.29) is 11.9 Å². The van der Waals surface area contributed by atoms with Crippen molar-refractivity contribution in [1.29, 1.82) is 0 Å². The van der Waals surface area contributed by atoms with Gasteiger partial charge < -0.3 is 10.2 Å². The summed E-state index contributed by atoms with van der Waals surface area (Å²) in [5.41, 5.74) is 0. The Balaban J connectivity index is 1.49. The van der Waals surface area contributed by atoms with Crippen molar-refractivity contribution in [3.8, 4) is 0 Å². The van der Waals surface area contributed by atoms with Crippen molar-refractivity contribution < 1.29 is 4.79 Å². The predicted molar refractivity (Wildman–Crippen MR) is 87.9 cm³/mol. The van der Waals surface area contributed by atoms with E-state index < -0.39 is 0 Å². The van der Waals surface area contributed by atoms with E-state index in [9.17, 15) is 4.79 Å². The maximum Gasteiger partial charge on any atom is 0.237 e. The molecule has 22 heavy (non-hydrogen) atoms. The van der Waals surface area contributed by atoms with E-state index >= 15 is 0 Å². The zero-order valence-electron chi connectivity index (χ0n) is 13.4. The number of hydrogen-bond donors (Lipinski definition) is 1. The third-order valence-electron chi connectivity index (χ3n) is 4.92. The van der Waals surface area contributed by atoms with E-state index in [1.165, 1.54) is 12.8 Å². The van der Waals surface area contributed by atoms with Gasteiger partial charge >= 0.3 is 0 Å². The number of anilines is 1. The molecule has 2 heterocycles. The molecule has 1 atom stereocenters. The lowest BCUT2D eigenvalue weighted by molar-refractivity contribution is -0.126. The van der Waals surface area contributed by atoms with Crippen LogP contribution in [0.15, 0.2) is 24.4 Å². The van der Waals surface area contributed by atoms with Crippen molar-refractivity contribution in [3.05, 3.63) is 24.4 Å². The molecule has 5 nitrogen and oxygen atoms in total. The Hall–Kier alpha value is -1.62. The van der Waals surface area contributed by atoms with E-state index in [2.05, 4.69) is 20.1 Å². The Morgan fingerprint density at radius 2 is 1.95 bits per heavy atom. The van der Waals surface area contributed by atoms with E-state index in [0.717, 1.165) is 44.8 Å². The molecule has 1 aromatic rings. The normalized spacial score (nSPS) is 21.8. The van der Waals surface area contributed by atoms with Crippen LogP contribution in [0.25, 0.3) is 0 Å². The Kier molecular flexibility index (Phi) is 4.93. The summed E-state index contributed by atoms with van der Waals surface area (Å²) in [7, 11) is 0. The summed E-state index contributed by atoms with van der Waals surface area (Å²) < 4.78 is 0. The van der Waals surface area contributed by atoms with Crippen molar-refractivity contribution in [3.63, 3.8) is 0 Å². The number of aromatic nitrogens is 1. The maximum absolute atomic E-state index is 12.4. The summed E-state index contributed by atoms with van der Waals surface area (Å²) in [6, 6.07) is 6.38. The second-order valence-electron chi connectivity index (χ2n) is 6.38. The fourth-order valence-electron chi connectivity index (χ4n) is 3.44. The highest BCUT2D eigenvalue weighted by molar-refractivity contribution is 5.81. The minimum atomic E-state index is -0.0357. The van der Waals surface area contributed by atoms with E-state index in [4.69, 9.17) is 0 Å². The maximum atomic E-state index is 12.4. The van der Waals surface area contributed by atoms with Gasteiger partial charge in [0.05, 0.1) is 6.04 Å². The van der Waals surface area contributed by atoms with E-state index in [0.29, 0.717) is 6.04 Å². The van der Waals surface area contributed by atoms with Crippen molar-refractivity contribution in [2.45, 2.75) is 44.7 Å². The molecule has 1 aliphatic heterocycles. The summed E-state index contributed by atoms with van der Waals surface area (Å²) in [5.74, 6) is 1.23. The molecule has 2 fully saturated rings. The van der Waals surface area contributed by atoms with Gasteiger partial charge in [-0.3, -0.25) is 9.69 Å². The van der Waals surface area contributed by atoms with Crippen LogP contribution >= 0.6 is 0 Å². The molecule has 1 N–H and O–H groups in total. The Morgan fingerprint density at radius 1 is 1.23 bits per heavy atom. The van der Waals surface area contributed by atoms with Crippen LogP contribution in [0.5, 0.6) is 0 Å². The lowest BCUT2D eigenvalue weighted by atomic mass is 10.2. The summed E-state index contributed by atoms with van der Waals surface area (Å²) in [6.07, 6.45) is 6.63. The second kappa shape index (κ2) is 7.09. The first-order valence-electron chi connectivity index (χ1n) is 8.44. The molecule has 1 aliphatic carbocycles. The Morgan fingerprint density at radius 3 is 2.59 bits per heavy atom. The summed E-state index contributed by atoms with van der Waals surface area (Å²) in [5, 5.41) is 3.21. The molecule has 120 valence electrons. The zero-order chi connectivity index (χ0) is 15.4. The van der Waals surface area contributed by atoms with Gasteiger partial charge in [-0.05, 0) is 31.9 Å². The number of piperazine rings is 1. The molecule has 1 saturated heterocycles. The van der Waals surface area contributed by atoms with Crippen LogP contribution in [0.4, 0.5) is 5.82 Å². The van der Waals surface area contributed by atoms with Crippen molar-refractivity contribution in [2.75, 3.05) is 31.1 Å². The van der Waals surface area contributed by atoms with Crippen LogP contribution in [0.1, 0.15) is 32.6 Å². The first-order chi connectivity index (χ1) is 10.7. The van der Waals surface area contributed by atoms with Gasteiger partial charge in [-0.25, -0.2) is 4.98 Å². The molecule has 3 rings (SSSR count). The molecule has 0 bridgehead atoms. The third-order valence-corrected chi connectivity index (χ3v) is 4.92.